The van der Waals surface area contributed by atoms with Crippen LogP contribution in [0.2, 0.25) is 0 Å². The van der Waals surface area contributed by atoms with Gasteiger partial charge in [0, 0.05) is 15.5 Å². The number of furan rings is 1. The molecule has 0 fully saturated rings. The fourth-order valence-electron chi connectivity index (χ4n) is 5.29. The number of thioether (sulfide) groups is 1. The van der Waals surface area contributed by atoms with Crippen molar-refractivity contribution in [3.63, 3.8) is 0 Å². The number of hydrogen-bond acceptors (Lipinski definition) is 7. The zero-order valence-electron chi connectivity index (χ0n) is 24.8. The molecule has 0 saturated heterocycles. The first-order valence-corrected chi connectivity index (χ1v) is 16.1. The third-order valence-corrected chi connectivity index (χ3v) is 10.1. The van der Waals surface area contributed by atoms with Crippen molar-refractivity contribution in [2.24, 2.45) is 11.3 Å². The summed E-state index contributed by atoms with van der Waals surface area (Å²) in [5, 5.41) is 5.89. The van der Waals surface area contributed by atoms with Crippen molar-refractivity contribution < 1.29 is 23.5 Å². The van der Waals surface area contributed by atoms with Crippen LogP contribution < -0.4 is 10.6 Å². The van der Waals surface area contributed by atoms with Gasteiger partial charge in [-0.25, -0.2) is 4.79 Å². The van der Waals surface area contributed by atoms with Crippen LogP contribution in [0.15, 0.2) is 82.3 Å². The van der Waals surface area contributed by atoms with E-state index in [0.717, 1.165) is 40.2 Å². The van der Waals surface area contributed by atoms with E-state index in [9.17, 15) is 14.4 Å². The molecule has 2 aromatic carbocycles. The molecule has 0 aliphatic heterocycles. The summed E-state index contributed by atoms with van der Waals surface area (Å²) in [5.74, 6) is -0.285. The highest BCUT2D eigenvalue weighted by molar-refractivity contribution is 8.00. The predicted molar refractivity (Wildman–Crippen MR) is 172 cm³/mol. The van der Waals surface area contributed by atoms with Crippen LogP contribution in [0.3, 0.4) is 0 Å². The molecule has 2 N–H and O–H groups in total. The van der Waals surface area contributed by atoms with E-state index in [-0.39, 0.29) is 29.6 Å². The van der Waals surface area contributed by atoms with E-state index in [4.69, 9.17) is 9.15 Å². The maximum atomic E-state index is 14.0. The molecule has 0 saturated carbocycles. The lowest BCUT2D eigenvalue weighted by atomic mass is 9.72. The highest BCUT2D eigenvalue weighted by Crippen LogP contribution is 2.45. The van der Waals surface area contributed by atoms with E-state index in [1.807, 2.05) is 48.5 Å². The summed E-state index contributed by atoms with van der Waals surface area (Å²) in [6, 6.07) is 20.1. The summed E-state index contributed by atoms with van der Waals surface area (Å²) in [7, 11) is 0. The van der Waals surface area contributed by atoms with Gasteiger partial charge in [-0.05, 0) is 79.0 Å². The Labute approximate surface area is 260 Å². The van der Waals surface area contributed by atoms with Crippen LogP contribution in [0.4, 0.5) is 10.7 Å². The Hall–Kier alpha value is -3.82. The summed E-state index contributed by atoms with van der Waals surface area (Å²) >= 11 is 2.87. The zero-order chi connectivity index (χ0) is 30.6. The van der Waals surface area contributed by atoms with E-state index in [0.29, 0.717) is 22.2 Å². The summed E-state index contributed by atoms with van der Waals surface area (Å²) < 4.78 is 10.7. The lowest BCUT2D eigenvalue weighted by Gasteiger charge is -2.33. The number of carbonyl (C=O) groups excluding carboxylic acids is 3. The summed E-state index contributed by atoms with van der Waals surface area (Å²) in [4.78, 5) is 41.7. The minimum atomic E-state index is -0.617. The van der Waals surface area contributed by atoms with Crippen molar-refractivity contribution in [1.29, 1.82) is 0 Å². The standard InChI is InChI=1S/C34H36N2O5S2/c1-5-40-33(39)28-25-17-16-22(34(2,3)4)19-27(25)43-32(28)36-31(38)29(21-11-7-6-8-12-21)42-24-14-9-13-23(20-24)35-30(37)26-15-10-18-41-26/h6-15,18,20,22,29H,5,16-17,19H2,1-4H3,(H,35,37)(H,36,38). The summed E-state index contributed by atoms with van der Waals surface area (Å²) in [6.45, 7) is 8.81. The number of ether oxygens (including phenoxy) is 1. The number of fused-ring (bicyclic) bond motifs is 1. The van der Waals surface area contributed by atoms with Gasteiger partial charge in [0.1, 0.15) is 10.3 Å². The Kier molecular flexibility index (Phi) is 9.42. The number of carbonyl (C=O) groups is 3. The Balaban J connectivity index is 1.42. The molecule has 2 unspecified atom stereocenters. The molecule has 4 aromatic rings. The van der Waals surface area contributed by atoms with Gasteiger partial charge in [0.25, 0.3) is 5.91 Å². The smallest absolute Gasteiger partial charge is 0.341 e. The van der Waals surface area contributed by atoms with Crippen LogP contribution in [0.5, 0.6) is 0 Å². The fourth-order valence-corrected chi connectivity index (χ4v) is 7.70. The first-order chi connectivity index (χ1) is 20.6. The average molecular weight is 617 g/mol. The van der Waals surface area contributed by atoms with Crippen LogP contribution in [0.1, 0.15) is 76.3 Å². The van der Waals surface area contributed by atoms with Gasteiger partial charge >= 0.3 is 5.97 Å². The molecule has 2 heterocycles. The largest absolute Gasteiger partial charge is 0.462 e. The molecule has 43 heavy (non-hydrogen) atoms. The number of hydrogen-bond donors (Lipinski definition) is 2. The first kappa shape index (κ1) is 30.6. The van der Waals surface area contributed by atoms with Crippen LogP contribution >= 0.6 is 23.1 Å². The number of esters is 1. The van der Waals surface area contributed by atoms with E-state index in [1.54, 1.807) is 25.1 Å². The number of nitrogens with one attached hydrogen (secondary N) is 2. The van der Waals surface area contributed by atoms with Crippen molar-refractivity contribution >= 4 is 51.6 Å². The number of amides is 2. The molecular weight excluding hydrogens is 581 g/mol. The topological polar surface area (TPSA) is 97.6 Å². The normalized spacial score (nSPS) is 15.3. The van der Waals surface area contributed by atoms with Crippen molar-refractivity contribution in [3.05, 3.63) is 100 Å². The second kappa shape index (κ2) is 13.2. The molecular formula is C34H36N2O5S2. The van der Waals surface area contributed by atoms with Gasteiger partial charge in [0.15, 0.2) is 5.76 Å². The summed E-state index contributed by atoms with van der Waals surface area (Å²) in [5.41, 5.74) is 3.05. The Bertz CT molecular complexity index is 1590. The highest BCUT2D eigenvalue weighted by atomic mass is 32.2. The first-order valence-electron chi connectivity index (χ1n) is 14.4. The molecule has 0 spiro atoms. The maximum absolute atomic E-state index is 14.0. The molecule has 7 nitrogen and oxygen atoms in total. The summed E-state index contributed by atoms with van der Waals surface area (Å²) in [6.07, 6.45) is 4.09. The van der Waals surface area contributed by atoms with Crippen LogP contribution in [-0.2, 0) is 22.4 Å². The number of rotatable bonds is 9. The lowest BCUT2D eigenvalue weighted by Crippen LogP contribution is -2.26. The second-order valence-electron chi connectivity index (χ2n) is 11.6. The zero-order valence-corrected chi connectivity index (χ0v) is 26.4. The molecule has 5 rings (SSSR count). The quantitative estimate of drug-likeness (QED) is 0.145. The Morgan fingerprint density at radius 3 is 2.53 bits per heavy atom. The van der Waals surface area contributed by atoms with E-state index in [2.05, 4.69) is 31.4 Å². The van der Waals surface area contributed by atoms with Gasteiger partial charge in [-0.2, -0.15) is 0 Å². The van der Waals surface area contributed by atoms with Gasteiger partial charge in [-0.3, -0.25) is 9.59 Å². The lowest BCUT2D eigenvalue weighted by molar-refractivity contribution is -0.115. The predicted octanol–water partition coefficient (Wildman–Crippen LogP) is 8.39. The van der Waals surface area contributed by atoms with Crippen molar-refractivity contribution in [2.45, 2.75) is 57.1 Å². The van der Waals surface area contributed by atoms with Gasteiger partial charge in [-0.15, -0.1) is 23.1 Å². The minimum Gasteiger partial charge on any atom is -0.462 e. The Morgan fingerprint density at radius 1 is 1.05 bits per heavy atom. The number of benzene rings is 2. The van der Waals surface area contributed by atoms with Crippen molar-refractivity contribution in [1.82, 2.24) is 0 Å². The van der Waals surface area contributed by atoms with Gasteiger partial charge in [0.05, 0.1) is 18.4 Å². The van der Waals surface area contributed by atoms with Crippen LogP contribution in [0.25, 0.3) is 0 Å². The molecule has 1 aliphatic carbocycles. The maximum Gasteiger partial charge on any atom is 0.341 e. The molecule has 9 heteroatoms. The van der Waals surface area contributed by atoms with Crippen molar-refractivity contribution in [3.8, 4) is 0 Å². The monoisotopic (exact) mass is 616 g/mol. The third kappa shape index (κ3) is 7.22. The molecule has 2 atom stereocenters. The molecule has 224 valence electrons. The van der Waals surface area contributed by atoms with E-state index < -0.39 is 11.2 Å². The average Bonchev–Trinajstić information content (AvgIpc) is 3.64. The van der Waals surface area contributed by atoms with E-state index in [1.165, 1.54) is 29.4 Å². The van der Waals surface area contributed by atoms with Crippen LogP contribution in [-0.4, -0.2) is 24.4 Å². The van der Waals surface area contributed by atoms with Crippen molar-refractivity contribution in [2.75, 3.05) is 17.2 Å². The highest BCUT2D eigenvalue weighted by Gasteiger charge is 2.35. The third-order valence-electron chi connectivity index (χ3n) is 7.64. The molecule has 2 amide bonds. The second-order valence-corrected chi connectivity index (χ2v) is 13.9. The van der Waals surface area contributed by atoms with Crippen LogP contribution in [0, 0.1) is 11.3 Å². The van der Waals surface area contributed by atoms with Gasteiger partial charge in [0.2, 0.25) is 5.91 Å². The van der Waals surface area contributed by atoms with Gasteiger partial charge in [-0.1, -0.05) is 57.2 Å². The Morgan fingerprint density at radius 2 is 1.84 bits per heavy atom. The fraction of sp³-hybridized carbons (Fsp3) is 0.324. The van der Waals surface area contributed by atoms with Gasteiger partial charge < -0.3 is 19.8 Å². The molecule has 1 aliphatic rings. The molecule has 2 aromatic heterocycles. The number of anilines is 2. The molecule has 0 bridgehead atoms. The molecule has 0 radical (unpaired) electrons. The van der Waals surface area contributed by atoms with E-state index >= 15 is 0 Å². The number of thiophene rings is 1. The minimum absolute atomic E-state index is 0.149. The SMILES string of the molecule is CCOC(=O)c1c(NC(=O)C(Sc2cccc(NC(=O)c3ccco3)c2)c2ccccc2)sc2c1CCC(C(C)(C)C)C2.